The molecule has 1 aliphatic carbocycles. The number of hydrogen-bond acceptors (Lipinski definition) is 3. The van der Waals surface area contributed by atoms with Gasteiger partial charge in [-0.2, -0.15) is 0 Å². The van der Waals surface area contributed by atoms with Crippen molar-refractivity contribution >= 4 is 0 Å². The van der Waals surface area contributed by atoms with Crippen molar-refractivity contribution in [2.45, 2.75) is 70.6 Å². The summed E-state index contributed by atoms with van der Waals surface area (Å²) in [4.78, 5) is 2.70. The van der Waals surface area contributed by atoms with Crippen molar-refractivity contribution in [2.24, 2.45) is 11.7 Å². The van der Waals surface area contributed by atoms with E-state index in [9.17, 15) is 0 Å². The summed E-state index contributed by atoms with van der Waals surface area (Å²) in [5, 5.41) is 0. The molecule has 18 heavy (non-hydrogen) atoms. The van der Waals surface area contributed by atoms with Crippen molar-refractivity contribution in [3.05, 3.63) is 0 Å². The van der Waals surface area contributed by atoms with Gasteiger partial charge in [-0.1, -0.05) is 39.5 Å². The fourth-order valence-electron chi connectivity index (χ4n) is 3.97. The molecule has 2 rings (SSSR count). The molecule has 106 valence electrons. The van der Waals surface area contributed by atoms with E-state index in [4.69, 9.17) is 10.5 Å². The minimum Gasteiger partial charge on any atom is -0.375 e. The Morgan fingerprint density at radius 2 is 1.94 bits per heavy atom. The standard InChI is InChI=1S/C15H30N2O/c1-3-12(4-2)14(11-16)17-9-10-18-15-8-6-5-7-13(15)17/h12-15H,3-11,16H2,1-2H3. The first-order valence-corrected chi connectivity index (χ1v) is 7.89. The van der Waals surface area contributed by atoms with Crippen molar-refractivity contribution in [3.8, 4) is 0 Å². The van der Waals surface area contributed by atoms with Crippen LogP contribution in [0.15, 0.2) is 0 Å². The molecule has 2 aliphatic rings. The van der Waals surface area contributed by atoms with Gasteiger partial charge in [0.1, 0.15) is 0 Å². The van der Waals surface area contributed by atoms with Crippen LogP contribution in [0.3, 0.4) is 0 Å². The number of morpholine rings is 1. The molecule has 1 saturated heterocycles. The van der Waals surface area contributed by atoms with Gasteiger partial charge in [0.05, 0.1) is 12.7 Å². The van der Waals surface area contributed by atoms with E-state index in [0.29, 0.717) is 18.2 Å². The van der Waals surface area contributed by atoms with Crippen LogP contribution in [0.25, 0.3) is 0 Å². The highest BCUT2D eigenvalue weighted by atomic mass is 16.5. The Morgan fingerprint density at radius 3 is 2.61 bits per heavy atom. The molecule has 3 unspecified atom stereocenters. The van der Waals surface area contributed by atoms with E-state index in [0.717, 1.165) is 25.6 Å². The third kappa shape index (κ3) is 2.89. The number of nitrogens with two attached hydrogens (primary N) is 1. The molecule has 0 amide bonds. The number of fused-ring (bicyclic) bond motifs is 1. The van der Waals surface area contributed by atoms with Gasteiger partial charge in [0.25, 0.3) is 0 Å². The van der Waals surface area contributed by atoms with Gasteiger partial charge in [-0.15, -0.1) is 0 Å². The fraction of sp³-hybridized carbons (Fsp3) is 1.00. The number of hydrogen-bond donors (Lipinski definition) is 1. The maximum absolute atomic E-state index is 6.10. The van der Waals surface area contributed by atoms with E-state index in [1.54, 1.807) is 0 Å². The summed E-state index contributed by atoms with van der Waals surface area (Å²) in [6.07, 6.45) is 8.23. The highest BCUT2D eigenvalue weighted by Crippen LogP contribution is 2.32. The van der Waals surface area contributed by atoms with Gasteiger partial charge in [0, 0.05) is 25.2 Å². The van der Waals surface area contributed by atoms with Gasteiger partial charge in [0.15, 0.2) is 0 Å². The van der Waals surface area contributed by atoms with Crippen LogP contribution in [-0.4, -0.2) is 42.8 Å². The quantitative estimate of drug-likeness (QED) is 0.819. The summed E-state index contributed by atoms with van der Waals surface area (Å²) >= 11 is 0. The minimum atomic E-state index is 0.482. The normalized spacial score (nSPS) is 31.3. The fourth-order valence-corrected chi connectivity index (χ4v) is 3.97. The summed E-state index contributed by atoms with van der Waals surface area (Å²) < 4.78 is 5.97. The lowest BCUT2D eigenvalue weighted by atomic mass is 9.85. The lowest BCUT2D eigenvalue weighted by molar-refractivity contribution is -0.109. The van der Waals surface area contributed by atoms with Crippen molar-refractivity contribution in [1.82, 2.24) is 4.90 Å². The Balaban J connectivity index is 2.07. The van der Waals surface area contributed by atoms with Gasteiger partial charge in [-0.05, 0) is 18.8 Å². The van der Waals surface area contributed by atoms with Crippen LogP contribution < -0.4 is 5.73 Å². The second kappa shape index (κ2) is 6.88. The lowest BCUT2D eigenvalue weighted by Crippen LogP contribution is -2.59. The molecule has 1 saturated carbocycles. The Labute approximate surface area is 112 Å². The zero-order chi connectivity index (χ0) is 13.0. The van der Waals surface area contributed by atoms with E-state index in [1.807, 2.05) is 0 Å². The minimum absolute atomic E-state index is 0.482. The van der Waals surface area contributed by atoms with Crippen LogP contribution in [0.2, 0.25) is 0 Å². The first-order valence-electron chi connectivity index (χ1n) is 7.89. The molecular formula is C15H30N2O. The van der Waals surface area contributed by atoms with Gasteiger partial charge in [0.2, 0.25) is 0 Å². The van der Waals surface area contributed by atoms with Crippen molar-refractivity contribution < 1.29 is 4.74 Å². The molecule has 0 radical (unpaired) electrons. The molecule has 0 bridgehead atoms. The first-order chi connectivity index (χ1) is 8.81. The number of rotatable bonds is 5. The predicted octanol–water partition coefficient (Wildman–Crippen LogP) is 2.39. The lowest BCUT2D eigenvalue weighted by Gasteiger charge is -2.49. The second-order valence-corrected chi connectivity index (χ2v) is 5.88. The van der Waals surface area contributed by atoms with Crippen LogP contribution >= 0.6 is 0 Å². The summed E-state index contributed by atoms with van der Waals surface area (Å²) in [7, 11) is 0. The van der Waals surface area contributed by atoms with E-state index in [2.05, 4.69) is 18.7 Å². The Bertz CT molecular complexity index is 241. The topological polar surface area (TPSA) is 38.5 Å². The number of ether oxygens (including phenoxy) is 1. The molecule has 1 heterocycles. The van der Waals surface area contributed by atoms with E-state index >= 15 is 0 Å². The summed E-state index contributed by atoms with van der Waals surface area (Å²) in [6.45, 7) is 7.39. The van der Waals surface area contributed by atoms with Crippen LogP contribution in [-0.2, 0) is 4.74 Å². The predicted molar refractivity (Wildman–Crippen MR) is 75.6 cm³/mol. The molecule has 0 aromatic rings. The second-order valence-electron chi connectivity index (χ2n) is 5.88. The SMILES string of the molecule is CCC(CC)C(CN)N1CCOC2CCCCC21. The van der Waals surface area contributed by atoms with E-state index < -0.39 is 0 Å². The largest absolute Gasteiger partial charge is 0.375 e. The van der Waals surface area contributed by atoms with Crippen molar-refractivity contribution in [1.29, 1.82) is 0 Å². The summed E-state index contributed by atoms with van der Waals surface area (Å²) in [6, 6.07) is 1.20. The Hall–Kier alpha value is -0.120. The van der Waals surface area contributed by atoms with Crippen LogP contribution in [0.4, 0.5) is 0 Å². The Morgan fingerprint density at radius 1 is 1.22 bits per heavy atom. The Kier molecular flexibility index (Phi) is 5.46. The van der Waals surface area contributed by atoms with Gasteiger partial charge in [-0.25, -0.2) is 0 Å². The molecular weight excluding hydrogens is 224 g/mol. The van der Waals surface area contributed by atoms with E-state index in [-0.39, 0.29) is 0 Å². The molecule has 3 heteroatoms. The van der Waals surface area contributed by atoms with E-state index in [1.165, 1.54) is 38.5 Å². The summed E-state index contributed by atoms with van der Waals surface area (Å²) in [5.74, 6) is 0.746. The van der Waals surface area contributed by atoms with Gasteiger partial charge in [-0.3, -0.25) is 4.90 Å². The molecule has 3 nitrogen and oxygen atoms in total. The highest BCUT2D eigenvalue weighted by molar-refractivity contribution is 4.92. The molecule has 0 aromatic carbocycles. The molecule has 2 fully saturated rings. The first kappa shape index (κ1) is 14.3. The van der Waals surface area contributed by atoms with Crippen LogP contribution in [0, 0.1) is 5.92 Å². The zero-order valence-corrected chi connectivity index (χ0v) is 12.1. The zero-order valence-electron chi connectivity index (χ0n) is 12.1. The maximum atomic E-state index is 6.10. The molecule has 0 spiro atoms. The molecule has 2 N–H and O–H groups in total. The average Bonchev–Trinajstić information content (AvgIpc) is 2.44. The van der Waals surface area contributed by atoms with Crippen molar-refractivity contribution in [3.63, 3.8) is 0 Å². The smallest absolute Gasteiger partial charge is 0.0731 e. The van der Waals surface area contributed by atoms with Gasteiger partial charge < -0.3 is 10.5 Å². The van der Waals surface area contributed by atoms with Crippen molar-refractivity contribution in [2.75, 3.05) is 19.7 Å². The molecule has 1 aliphatic heterocycles. The number of nitrogens with zero attached hydrogens (tertiary/aromatic N) is 1. The third-order valence-electron chi connectivity index (χ3n) is 5.04. The van der Waals surface area contributed by atoms with Gasteiger partial charge >= 0.3 is 0 Å². The van der Waals surface area contributed by atoms with Crippen LogP contribution in [0.5, 0.6) is 0 Å². The highest BCUT2D eigenvalue weighted by Gasteiger charge is 2.38. The van der Waals surface area contributed by atoms with Crippen LogP contribution in [0.1, 0.15) is 52.4 Å². The third-order valence-corrected chi connectivity index (χ3v) is 5.04. The average molecular weight is 254 g/mol. The monoisotopic (exact) mass is 254 g/mol. The molecule has 3 atom stereocenters. The summed E-state index contributed by atoms with van der Waals surface area (Å²) in [5.41, 5.74) is 6.10. The molecule has 0 aromatic heterocycles. The maximum Gasteiger partial charge on any atom is 0.0731 e.